The van der Waals surface area contributed by atoms with Gasteiger partial charge in [-0.3, -0.25) is 4.79 Å². The van der Waals surface area contributed by atoms with Crippen LogP contribution in [-0.4, -0.2) is 41.6 Å². The first-order valence-electron chi connectivity index (χ1n) is 5.26. The molecule has 1 saturated heterocycles. The Balaban J connectivity index is 2.37. The van der Waals surface area contributed by atoms with Crippen LogP contribution in [0.2, 0.25) is 0 Å². The molecule has 0 bridgehead atoms. The minimum absolute atomic E-state index is 0.184. The Labute approximate surface area is 98.6 Å². The number of carboxylic acids is 1. The van der Waals surface area contributed by atoms with Gasteiger partial charge in [0.15, 0.2) is 6.10 Å². The maximum absolute atomic E-state index is 11.6. The zero-order valence-corrected chi connectivity index (χ0v) is 9.37. The summed E-state index contributed by atoms with van der Waals surface area (Å²) in [5.41, 5.74) is 0.760. The molecule has 1 heterocycles. The number of carbonyl (C=O) groups is 2. The molecule has 1 N–H and O–H groups in total. The van der Waals surface area contributed by atoms with Crippen LogP contribution >= 0.6 is 0 Å². The van der Waals surface area contributed by atoms with Crippen molar-refractivity contribution in [2.45, 2.75) is 12.1 Å². The van der Waals surface area contributed by atoms with Crippen molar-refractivity contribution in [3.8, 4) is 0 Å². The second-order valence-electron chi connectivity index (χ2n) is 3.93. The van der Waals surface area contributed by atoms with Gasteiger partial charge in [-0.1, -0.05) is 30.3 Å². The van der Waals surface area contributed by atoms with Gasteiger partial charge in [0, 0.05) is 7.05 Å². The molecule has 5 nitrogen and oxygen atoms in total. The maximum Gasteiger partial charge on any atom is 0.335 e. The van der Waals surface area contributed by atoms with E-state index in [1.165, 1.54) is 4.90 Å². The third-order valence-electron chi connectivity index (χ3n) is 2.87. The number of aliphatic carboxylic acids is 1. The highest BCUT2D eigenvalue weighted by molar-refractivity contribution is 5.82. The number of hydrogen-bond acceptors (Lipinski definition) is 3. The molecule has 1 aliphatic heterocycles. The molecule has 2 atom stereocenters. The van der Waals surface area contributed by atoms with Crippen LogP contribution in [0.3, 0.4) is 0 Å². The summed E-state index contributed by atoms with van der Waals surface area (Å²) in [7, 11) is 1.60. The Hall–Kier alpha value is -1.88. The highest BCUT2D eigenvalue weighted by Crippen LogP contribution is 2.28. The Bertz CT molecular complexity index is 431. The Kier molecular flexibility index (Phi) is 3.10. The van der Waals surface area contributed by atoms with Gasteiger partial charge in [-0.25, -0.2) is 4.79 Å². The Morgan fingerprint density at radius 1 is 1.41 bits per heavy atom. The summed E-state index contributed by atoms with van der Waals surface area (Å²) in [6.07, 6.45) is -1.01. The van der Waals surface area contributed by atoms with E-state index in [1.807, 2.05) is 6.07 Å². The molecule has 90 valence electrons. The van der Waals surface area contributed by atoms with Crippen LogP contribution in [0.4, 0.5) is 0 Å². The molecule has 0 aliphatic carbocycles. The van der Waals surface area contributed by atoms with Crippen LogP contribution in [-0.2, 0) is 14.3 Å². The fourth-order valence-corrected chi connectivity index (χ4v) is 1.97. The molecule has 17 heavy (non-hydrogen) atoms. The average Bonchev–Trinajstić information content (AvgIpc) is 2.33. The number of ether oxygens (including phenoxy) is 1. The molecule has 2 rings (SSSR count). The van der Waals surface area contributed by atoms with E-state index in [1.54, 1.807) is 31.3 Å². The number of likely N-dealkylation sites (N-methyl/N-ethyl adjacent to an activating group) is 1. The van der Waals surface area contributed by atoms with E-state index in [4.69, 9.17) is 9.84 Å². The third-order valence-corrected chi connectivity index (χ3v) is 2.87. The molecule has 2 unspecified atom stereocenters. The average molecular weight is 235 g/mol. The predicted octanol–water partition coefficient (Wildman–Crippen LogP) is 0.669. The van der Waals surface area contributed by atoms with E-state index in [-0.39, 0.29) is 12.5 Å². The summed E-state index contributed by atoms with van der Waals surface area (Å²) in [5, 5.41) is 9.11. The van der Waals surface area contributed by atoms with E-state index < -0.39 is 18.1 Å². The molecule has 1 fully saturated rings. The van der Waals surface area contributed by atoms with Crippen LogP contribution in [0.5, 0.6) is 0 Å². The predicted molar refractivity (Wildman–Crippen MR) is 59.3 cm³/mol. The number of benzene rings is 1. The normalized spacial score (nSPS) is 24.8. The number of rotatable bonds is 2. The maximum atomic E-state index is 11.6. The molecule has 0 spiro atoms. The Morgan fingerprint density at radius 2 is 2.06 bits per heavy atom. The van der Waals surface area contributed by atoms with Gasteiger partial charge >= 0.3 is 5.97 Å². The van der Waals surface area contributed by atoms with E-state index in [2.05, 4.69) is 0 Å². The molecule has 1 aromatic carbocycles. The molecule has 0 saturated carbocycles. The van der Waals surface area contributed by atoms with Crippen molar-refractivity contribution < 1.29 is 19.4 Å². The van der Waals surface area contributed by atoms with Crippen LogP contribution in [0, 0.1) is 0 Å². The molecule has 1 aromatic rings. The highest BCUT2D eigenvalue weighted by atomic mass is 16.5. The van der Waals surface area contributed by atoms with E-state index in [0.29, 0.717) is 0 Å². The molecule has 0 aromatic heterocycles. The molecule has 5 heteroatoms. The highest BCUT2D eigenvalue weighted by Gasteiger charge is 2.39. The first-order chi connectivity index (χ1) is 8.11. The molecule has 1 amide bonds. The summed E-state index contributed by atoms with van der Waals surface area (Å²) >= 11 is 0. The number of carboxylic acid groups (broad SMARTS) is 1. The van der Waals surface area contributed by atoms with Crippen LogP contribution in [0.1, 0.15) is 11.6 Å². The summed E-state index contributed by atoms with van der Waals surface area (Å²) in [4.78, 5) is 24.1. The summed E-state index contributed by atoms with van der Waals surface area (Å²) < 4.78 is 5.10. The molecule has 1 aliphatic rings. The number of morpholine rings is 1. The zero-order chi connectivity index (χ0) is 12.4. The second-order valence-corrected chi connectivity index (χ2v) is 3.93. The number of hydrogen-bond donors (Lipinski definition) is 1. The van der Waals surface area contributed by atoms with Crippen molar-refractivity contribution in [1.82, 2.24) is 4.90 Å². The topological polar surface area (TPSA) is 66.8 Å². The summed E-state index contributed by atoms with van der Waals surface area (Å²) in [6.45, 7) is -0.184. The first-order valence-corrected chi connectivity index (χ1v) is 5.26. The van der Waals surface area contributed by atoms with Gasteiger partial charge in [0.2, 0.25) is 5.91 Å². The van der Waals surface area contributed by atoms with Crippen LogP contribution in [0.15, 0.2) is 30.3 Å². The summed E-state index contributed by atoms with van der Waals surface area (Å²) in [5.74, 6) is -1.27. The van der Waals surface area contributed by atoms with Gasteiger partial charge in [0.05, 0.1) is 6.04 Å². The molecular formula is C12H13NO4. The number of nitrogens with zero attached hydrogens (tertiary/aromatic N) is 1. The molecule has 0 radical (unpaired) electrons. The second kappa shape index (κ2) is 4.55. The monoisotopic (exact) mass is 235 g/mol. The third kappa shape index (κ3) is 2.14. The smallest absolute Gasteiger partial charge is 0.335 e. The lowest BCUT2D eigenvalue weighted by atomic mass is 9.98. The van der Waals surface area contributed by atoms with Gasteiger partial charge in [-0.05, 0) is 5.56 Å². The fourth-order valence-electron chi connectivity index (χ4n) is 1.97. The quantitative estimate of drug-likeness (QED) is 0.818. The van der Waals surface area contributed by atoms with Crippen LogP contribution in [0.25, 0.3) is 0 Å². The van der Waals surface area contributed by atoms with Crippen molar-refractivity contribution in [2.24, 2.45) is 0 Å². The molecular weight excluding hydrogens is 222 g/mol. The minimum atomic E-state index is -1.06. The van der Waals surface area contributed by atoms with Gasteiger partial charge in [0.25, 0.3) is 0 Å². The Morgan fingerprint density at radius 3 is 2.65 bits per heavy atom. The number of amides is 1. The lowest BCUT2D eigenvalue weighted by Crippen LogP contribution is -2.50. The fraction of sp³-hybridized carbons (Fsp3) is 0.333. The van der Waals surface area contributed by atoms with Crippen molar-refractivity contribution in [3.05, 3.63) is 35.9 Å². The minimum Gasteiger partial charge on any atom is -0.479 e. The van der Waals surface area contributed by atoms with Gasteiger partial charge in [-0.2, -0.15) is 0 Å². The van der Waals surface area contributed by atoms with E-state index in [0.717, 1.165) is 5.56 Å². The van der Waals surface area contributed by atoms with Crippen molar-refractivity contribution >= 4 is 11.9 Å². The number of carbonyl (C=O) groups excluding carboxylic acids is 1. The van der Waals surface area contributed by atoms with Crippen molar-refractivity contribution in [3.63, 3.8) is 0 Å². The van der Waals surface area contributed by atoms with Crippen molar-refractivity contribution in [1.29, 1.82) is 0 Å². The van der Waals surface area contributed by atoms with E-state index in [9.17, 15) is 9.59 Å². The van der Waals surface area contributed by atoms with Crippen LogP contribution < -0.4 is 0 Å². The lowest BCUT2D eigenvalue weighted by Gasteiger charge is -2.37. The lowest BCUT2D eigenvalue weighted by molar-refractivity contribution is -0.171. The van der Waals surface area contributed by atoms with Gasteiger partial charge in [0.1, 0.15) is 6.61 Å². The van der Waals surface area contributed by atoms with Gasteiger partial charge < -0.3 is 14.7 Å². The zero-order valence-electron chi connectivity index (χ0n) is 9.37. The van der Waals surface area contributed by atoms with Gasteiger partial charge in [-0.15, -0.1) is 0 Å². The SMILES string of the molecule is CN1C(=O)COC(C(=O)O)C1c1ccccc1. The largest absolute Gasteiger partial charge is 0.479 e. The standard InChI is InChI=1S/C12H13NO4/c1-13-9(14)7-17-11(12(15)16)10(13)8-5-3-2-4-6-8/h2-6,10-11H,7H2,1H3,(H,15,16). The first kappa shape index (κ1) is 11.6. The summed E-state index contributed by atoms with van der Waals surface area (Å²) in [6, 6.07) is 8.46. The van der Waals surface area contributed by atoms with E-state index >= 15 is 0 Å². The van der Waals surface area contributed by atoms with Crippen molar-refractivity contribution in [2.75, 3.05) is 13.7 Å².